The molecule has 20 heavy (non-hydrogen) atoms. The number of rotatable bonds is 9. The van der Waals surface area contributed by atoms with E-state index in [2.05, 4.69) is 5.32 Å². The average molecular weight is 332 g/mol. The molecule has 0 rings (SSSR count). The maximum absolute atomic E-state index is 11.1. The van der Waals surface area contributed by atoms with Gasteiger partial charge in [0.05, 0.1) is 6.04 Å². The quantitative estimate of drug-likeness (QED) is 0.247. The zero-order valence-electron chi connectivity index (χ0n) is 11.2. The molecule has 120 valence electrons. The monoisotopic (exact) mass is 332 g/mol. The Hall–Kier alpha value is -0.270. The van der Waals surface area contributed by atoms with Crippen molar-refractivity contribution in [1.82, 2.24) is 5.32 Å². The van der Waals surface area contributed by atoms with Gasteiger partial charge in [0.2, 0.25) is 5.91 Å². The van der Waals surface area contributed by atoms with Gasteiger partial charge in [-0.2, -0.15) is 0 Å². The van der Waals surface area contributed by atoms with Crippen molar-refractivity contribution in [3.05, 3.63) is 0 Å². The molecule has 0 spiro atoms. The van der Waals surface area contributed by atoms with Crippen LogP contribution < -0.4 is 11.1 Å². The largest absolute Gasteiger partial charge is 0.355 e. The number of hydrogen-bond acceptors (Lipinski definition) is 4. The van der Waals surface area contributed by atoms with Gasteiger partial charge in [-0.05, 0) is 19.8 Å². The van der Waals surface area contributed by atoms with Crippen LogP contribution in [0, 0.1) is 0 Å². The maximum Gasteiger partial charge on any atom is 0.340 e. The Morgan fingerprint density at radius 1 is 1.10 bits per heavy atom. The molecule has 7 N–H and O–H groups in total. The van der Waals surface area contributed by atoms with Crippen LogP contribution in [0.5, 0.6) is 0 Å². The van der Waals surface area contributed by atoms with Crippen molar-refractivity contribution < 1.29 is 33.5 Å². The molecule has 0 aromatic rings. The topological polar surface area (TPSA) is 170 Å². The van der Waals surface area contributed by atoms with E-state index in [1.807, 2.05) is 0 Å². The highest BCUT2D eigenvalue weighted by Crippen LogP contribution is 2.61. The molecule has 0 radical (unpaired) electrons. The molecular weight excluding hydrogens is 310 g/mol. The van der Waals surface area contributed by atoms with Gasteiger partial charge in [0.15, 0.2) is 5.40 Å². The van der Waals surface area contributed by atoms with E-state index < -0.39 is 26.6 Å². The Morgan fingerprint density at radius 2 is 1.60 bits per heavy atom. The predicted octanol–water partition coefficient (Wildman–Crippen LogP) is -0.308. The van der Waals surface area contributed by atoms with Crippen LogP contribution in [0.4, 0.5) is 0 Å². The molecule has 0 bridgehead atoms. The summed E-state index contributed by atoms with van der Waals surface area (Å²) in [6.07, 6.45) is 0.994. The number of carbonyl (C=O) groups is 1. The highest BCUT2D eigenvalue weighted by molar-refractivity contribution is 7.70. The first-order valence-corrected chi connectivity index (χ1v) is 9.46. The van der Waals surface area contributed by atoms with E-state index in [1.54, 1.807) is 6.92 Å². The van der Waals surface area contributed by atoms with Crippen molar-refractivity contribution in [2.45, 2.75) is 44.0 Å². The van der Waals surface area contributed by atoms with Gasteiger partial charge in [0.25, 0.3) is 0 Å². The van der Waals surface area contributed by atoms with Gasteiger partial charge < -0.3 is 30.6 Å². The Morgan fingerprint density at radius 3 is 2.00 bits per heavy atom. The summed E-state index contributed by atoms with van der Waals surface area (Å²) >= 11 is 0. The molecule has 0 saturated heterocycles. The number of amides is 1. The molecule has 0 aromatic heterocycles. The van der Waals surface area contributed by atoms with Crippen LogP contribution in [0.2, 0.25) is 0 Å². The summed E-state index contributed by atoms with van der Waals surface area (Å²) < 4.78 is 22.0. The first-order valence-electron chi connectivity index (χ1n) is 6.10. The van der Waals surface area contributed by atoms with Crippen molar-refractivity contribution in [1.29, 1.82) is 0 Å². The van der Waals surface area contributed by atoms with Crippen molar-refractivity contribution in [3.63, 3.8) is 0 Å². The third-order valence-electron chi connectivity index (χ3n) is 2.63. The lowest BCUT2D eigenvalue weighted by molar-refractivity contribution is -0.121. The Balaban J connectivity index is 4.02. The van der Waals surface area contributed by atoms with Gasteiger partial charge in [0, 0.05) is 6.54 Å². The van der Waals surface area contributed by atoms with E-state index in [-0.39, 0.29) is 18.7 Å². The molecule has 0 fully saturated rings. The van der Waals surface area contributed by atoms with E-state index in [0.717, 1.165) is 0 Å². The molecule has 1 atom stereocenters. The maximum atomic E-state index is 11.1. The van der Waals surface area contributed by atoms with Crippen LogP contribution in [-0.4, -0.2) is 43.5 Å². The Kier molecular flexibility index (Phi) is 8.13. The van der Waals surface area contributed by atoms with Crippen molar-refractivity contribution >= 4 is 21.1 Å². The molecular formula is C9H22N2O7P2. The first kappa shape index (κ1) is 19.7. The van der Waals surface area contributed by atoms with Crippen LogP contribution in [0.1, 0.15) is 32.6 Å². The summed E-state index contributed by atoms with van der Waals surface area (Å²) in [5, 5.41) is 0.609. The van der Waals surface area contributed by atoms with E-state index >= 15 is 0 Å². The van der Waals surface area contributed by atoms with Crippen LogP contribution >= 0.6 is 15.2 Å². The Bertz CT molecular complexity index is 381. The highest BCUT2D eigenvalue weighted by atomic mass is 31.2. The third kappa shape index (κ3) is 8.11. The van der Waals surface area contributed by atoms with Crippen LogP contribution in [0.15, 0.2) is 0 Å². The zero-order chi connectivity index (χ0) is 16.0. The lowest BCUT2D eigenvalue weighted by Gasteiger charge is -2.19. The molecule has 11 heteroatoms. The summed E-state index contributed by atoms with van der Waals surface area (Å²) in [7, 11) is -9.66. The number of carbonyl (C=O) groups excluding carboxylic acids is 1. The molecule has 9 nitrogen and oxygen atoms in total. The smallest absolute Gasteiger partial charge is 0.340 e. The summed E-state index contributed by atoms with van der Waals surface area (Å²) in [4.78, 5) is 46.7. The second-order valence-electron chi connectivity index (χ2n) is 4.59. The second kappa shape index (κ2) is 8.24. The summed E-state index contributed by atoms with van der Waals surface area (Å²) in [6, 6.07) is -0.608. The molecule has 0 saturated carbocycles. The number of hydrogen-bond donors (Lipinski definition) is 6. The number of unbranched alkanes of at least 4 members (excludes halogenated alkanes) is 2. The highest BCUT2D eigenvalue weighted by Gasteiger charge is 2.42. The number of nitrogens with two attached hydrogens (primary N) is 1. The molecule has 0 unspecified atom stereocenters. The van der Waals surface area contributed by atoms with Gasteiger partial charge in [-0.15, -0.1) is 0 Å². The molecule has 0 aliphatic rings. The van der Waals surface area contributed by atoms with Crippen molar-refractivity contribution in [2.24, 2.45) is 5.73 Å². The fourth-order valence-electron chi connectivity index (χ4n) is 1.53. The zero-order valence-corrected chi connectivity index (χ0v) is 13.0. The van der Waals surface area contributed by atoms with E-state index in [4.69, 9.17) is 25.3 Å². The second-order valence-corrected chi connectivity index (χ2v) is 8.60. The first-order chi connectivity index (χ1) is 8.96. The fraction of sp³-hybridized carbons (Fsp3) is 0.889. The predicted molar refractivity (Wildman–Crippen MR) is 73.0 cm³/mol. The van der Waals surface area contributed by atoms with Crippen LogP contribution in [-0.2, 0) is 13.9 Å². The van der Waals surface area contributed by atoms with Gasteiger partial charge in [-0.25, -0.2) is 0 Å². The average Bonchev–Trinajstić information content (AvgIpc) is 2.23. The van der Waals surface area contributed by atoms with Gasteiger partial charge >= 0.3 is 15.2 Å². The minimum absolute atomic E-state index is 0.245. The summed E-state index contributed by atoms with van der Waals surface area (Å²) in [5.74, 6) is -0.298. The lowest BCUT2D eigenvalue weighted by atomic mass is 10.2. The molecule has 0 heterocycles. The Labute approximate surface area is 117 Å². The standard InChI is InChI=1S/C9H22N2O7P2/c1-7(10)9(12)11-6-4-2-3-5-8(19(13,14)15)20(16,17)18/h7-8H,2-6,10H2,1H3,(H,11,12)(H2,13,14,15)(H2,16,17,18)/t7-/m0/s1. The fourth-order valence-corrected chi connectivity index (χ4v) is 4.14. The summed E-state index contributed by atoms with van der Waals surface area (Å²) in [5.41, 5.74) is 5.33. The van der Waals surface area contributed by atoms with Crippen LogP contribution in [0.3, 0.4) is 0 Å². The van der Waals surface area contributed by atoms with E-state index in [1.165, 1.54) is 0 Å². The SMILES string of the molecule is C[C@H](N)C(=O)NCCCCCC(P(=O)(O)O)P(=O)(O)O. The number of nitrogens with one attached hydrogen (secondary N) is 1. The van der Waals surface area contributed by atoms with Crippen molar-refractivity contribution in [3.8, 4) is 0 Å². The lowest BCUT2D eigenvalue weighted by Crippen LogP contribution is -2.38. The summed E-state index contributed by atoms with van der Waals surface area (Å²) in [6.45, 7) is 1.90. The van der Waals surface area contributed by atoms with E-state index in [9.17, 15) is 13.9 Å². The minimum Gasteiger partial charge on any atom is -0.355 e. The molecule has 0 aliphatic heterocycles. The van der Waals surface area contributed by atoms with Gasteiger partial charge in [0.1, 0.15) is 0 Å². The van der Waals surface area contributed by atoms with E-state index in [0.29, 0.717) is 19.4 Å². The molecule has 0 aromatic carbocycles. The van der Waals surface area contributed by atoms with Crippen molar-refractivity contribution in [2.75, 3.05) is 6.54 Å². The molecule has 0 aliphatic carbocycles. The minimum atomic E-state index is -4.83. The normalized spacial score (nSPS) is 14.3. The van der Waals surface area contributed by atoms with Gasteiger partial charge in [-0.3, -0.25) is 13.9 Å². The van der Waals surface area contributed by atoms with Crippen LogP contribution in [0.25, 0.3) is 0 Å². The van der Waals surface area contributed by atoms with Gasteiger partial charge in [-0.1, -0.05) is 12.8 Å². The molecule has 1 amide bonds. The third-order valence-corrected chi connectivity index (χ3v) is 6.50.